The predicted octanol–water partition coefficient (Wildman–Crippen LogP) is 3.51. The first-order chi connectivity index (χ1) is 13.6. The molecule has 0 aliphatic rings. The molecular weight excluding hydrogens is 363 g/mol. The largest absolute Gasteiger partial charge is 0.484 e. The van der Waals surface area contributed by atoms with E-state index in [1.807, 2.05) is 25.1 Å². The van der Waals surface area contributed by atoms with Crippen LogP contribution in [0.15, 0.2) is 53.1 Å². The fourth-order valence-corrected chi connectivity index (χ4v) is 2.75. The van der Waals surface area contributed by atoms with Gasteiger partial charge in [-0.05, 0) is 30.7 Å². The van der Waals surface area contributed by atoms with E-state index >= 15 is 0 Å². The van der Waals surface area contributed by atoms with Gasteiger partial charge in [-0.2, -0.15) is 0 Å². The number of aryl methyl sites for hydroxylation is 1. The van der Waals surface area contributed by atoms with Crippen molar-refractivity contribution in [3.05, 3.63) is 77.5 Å². The van der Waals surface area contributed by atoms with E-state index in [2.05, 4.69) is 20.3 Å². The summed E-state index contributed by atoms with van der Waals surface area (Å²) < 4.78 is 23.8. The molecule has 0 unspecified atom stereocenters. The highest BCUT2D eigenvalue weighted by atomic mass is 19.1. The first-order valence-corrected chi connectivity index (χ1v) is 8.63. The van der Waals surface area contributed by atoms with Crippen molar-refractivity contribution in [2.75, 3.05) is 0 Å². The van der Waals surface area contributed by atoms with E-state index in [9.17, 15) is 9.18 Å². The van der Waals surface area contributed by atoms with Crippen LogP contribution in [0.2, 0.25) is 0 Å². The van der Waals surface area contributed by atoms with Gasteiger partial charge in [-0.1, -0.05) is 18.2 Å². The highest BCUT2D eigenvalue weighted by Gasteiger charge is 2.14. The van der Waals surface area contributed by atoms with Crippen LogP contribution in [0.3, 0.4) is 0 Å². The third kappa shape index (κ3) is 3.85. The van der Waals surface area contributed by atoms with Gasteiger partial charge in [0, 0.05) is 6.07 Å². The number of hydrogen-bond donors (Lipinski definition) is 2. The topological polar surface area (TPSA) is 93.0 Å². The molecule has 4 aromatic rings. The van der Waals surface area contributed by atoms with Crippen molar-refractivity contribution >= 4 is 16.9 Å². The molecule has 0 fully saturated rings. The minimum Gasteiger partial charge on any atom is -0.484 e. The van der Waals surface area contributed by atoms with E-state index in [0.29, 0.717) is 11.6 Å². The highest BCUT2D eigenvalue weighted by Crippen LogP contribution is 2.16. The van der Waals surface area contributed by atoms with Crippen molar-refractivity contribution in [1.82, 2.24) is 20.3 Å². The highest BCUT2D eigenvalue weighted by molar-refractivity contribution is 5.91. The molecule has 0 saturated carbocycles. The number of aromatic amines is 1. The lowest BCUT2D eigenvalue weighted by atomic mass is 10.2. The first kappa shape index (κ1) is 17.7. The number of benzene rings is 2. The number of fused-ring (bicyclic) bond motifs is 1. The smallest absolute Gasteiger partial charge is 0.273 e. The Kier molecular flexibility index (Phi) is 4.76. The molecule has 142 valence electrons. The SMILES string of the molecule is Cc1cccc2[nH]c(CNC(=O)c3coc(COc4cccc(F)c4)n3)nc12. The number of rotatable bonds is 6. The lowest BCUT2D eigenvalue weighted by molar-refractivity contribution is 0.0945. The maximum absolute atomic E-state index is 13.1. The second kappa shape index (κ2) is 7.51. The monoisotopic (exact) mass is 380 g/mol. The van der Waals surface area contributed by atoms with Gasteiger partial charge < -0.3 is 19.5 Å². The van der Waals surface area contributed by atoms with E-state index in [0.717, 1.165) is 16.6 Å². The van der Waals surface area contributed by atoms with E-state index in [1.54, 1.807) is 12.1 Å². The molecule has 0 aliphatic carbocycles. The molecule has 0 saturated heterocycles. The molecule has 0 spiro atoms. The number of nitrogens with zero attached hydrogens (tertiary/aromatic N) is 2. The number of halogens is 1. The summed E-state index contributed by atoms with van der Waals surface area (Å²) >= 11 is 0. The molecule has 28 heavy (non-hydrogen) atoms. The molecule has 0 radical (unpaired) electrons. The van der Waals surface area contributed by atoms with Gasteiger partial charge in [0.15, 0.2) is 12.3 Å². The standard InChI is InChI=1S/C20H17FN4O3/c1-12-4-2-7-15-19(12)25-17(23-15)9-22-20(26)16-10-28-18(24-16)11-27-14-6-3-5-13(21)8-14/h2-8,10H,9,11H2,1H3,(H,22,26)(H,23,25). The Morgan fingerprint density at radius 1 is 1.25 bits per heavy atom. The lowest BCUT2D eigenvalue weighted by Gasteiger charge is -2.02. The molecule has 1 amide bonds. The van der Waals surface area contributed by atoms with Gasteiger partial charge in [-0.3, -0.25) is 4.79 Å². The number of amides is 1. The quantitative estimate of drug-likeness (QED) is 0.534. The number of ether oxygens (including phenoxy) is 1. The van der Waals surface area contributed by atoms with Crippen molar-refractivity contribution < 1.29 is 18.3 Å². The summed E-state index contributed by atoms with van der Waals surface area (Å²) in [4.78, 5) is 24.0. The molecular formula is C20H17FN4O3. The van der Waals surface area contributed by atoms with Crippen LogP contribution in [0, 0.1) is 12.7 Å². The number of oxazole rings is 1. The Bertz CT molecular complexity index is 1140. The Morgan fingerprint density at radius 2 is 2.11 bits per heavy atom. The number of carbonyl (C=O) groups excluding carboxylic acids is 1. The zero-order chi connectivity index (χ0) is 19.5. The molecule has 0 aliphatic heterocycles. The third-order valence-corrected chi connectivity index (χ3v) is 4.12. The summed E-state index contributed by atoms with van der Waals surface area (Å²) in [7, 11) is 0. The normalized spacial score (nSPS) is 10.9. The first-order valence-electron chi connectivity index (χ1n) is 8.63. The molecule has 8 heteroatoms. The average molecular weight is 380 g/mol. The average Bonchev–Trinajstić information content (AvgIpc) is 3.32. The zero-order valence-corrected chi connectivity index (χ0v) is 15.0. The molecule has 2 aromatic carbocycles. The predicted molar refractivity (Wildman–Crippen MR) is 99.2 cm³/mol. The van der Waals surface area contributed by atoms with E-state index < -0.39 is 11.7 Å². The molecule has 7 nitrogen and oxygen atoms in total. The van der Waals surface area contributed by atoms with Crippen LogP contribution in [0.1, 0.15) is 27.8 Å². The van der Waals surface area contributed by atoms with Crippen molar-refractivity contribution in [2.45, 2.75) is 20.1 Å². The fraction of sp³-hybridized carbons (Fsp3) is 0.150. The summed E-state index contributed by atoms with van der Waals surface area (Å²) in [5.74, 6) is 0.428. The Balaban J connectivity index is 1.35. The van der Waals surface area contributed by atoms with Crippen LogP contribution in [0.25, 0.3) is 11.0 Å². The van der Waals surface area contributed by atoms with Gasteiger partial charge in [0.1, 0.15) is 23.7 Å². The van der Waals surface area contributed by atoms with Gasteiger partial charge in [0.2, 0.25) is 5.89 Å². The number of hydrogen-bond acceptors (Lipinski definition) is 5. The van der Waals surface area contributed by atoms with Crippen LogP contribution in [-0.2, 0) is 13.2 Å². The molecule has 2 heterocycles. The van der Waals surface area contributed by atoms with Crippen molar-refractivity contribution in [3.63, 3.8) is 0 Å². The van der Waals surface area contributed by atoms with Crippen molar-refractivity contribution in [1.29, 1.82) is 0 Å². The number of para-hydroxylation sites is 1. The molecule has 4 rings (SSSR count). The van der Waals surface area contributed by atoms with Gasteiger partial charge in [0.25, 0.3) is 5.91 Å². The summed E-state index contributed by atoms with van der Waals surface area (Å²) in [6.07, 6.45) is 1.25. The maximum atomic E-state index is 13.1. The zero-order valence-electron chi connectivity index (χ0n) is 15.0. The van der Waals surface area contributed by atoms with Gasteiger partial charge in [-0.15, -0.1) is 0 Å². The molecule has 0 atom stereocenters. The summed E-state index contributed by atoms with van der Waals surface area (Å²) in [6.45, 7) is 2.20. The Morgan fingerprint density at radius 3 is 2.93 bits per heavy atom. The molecule has 0 bridgehead atoms. The Hall–Kier alpha value is -3.68. The van der Waals surface area contributed by atoms with Crippen molar-refractivity contribution in [3.8, 4) is 5.75 Å². The van der Waals surface area contributed by atoms with Crippen molar-refractivity contribution in [2.24, 2.45) is 0 Å². The van der Waals surface area contributed by atoms with Crippen LogP contribution in [0.4, 0.5) is 4.39 Å². The maximum Gasteiger partial charge on any atom is 0.273 e. The number of carbonyl (C=O) groups is 1. The van der Waals surface area contributed by atoms with Crippen LogP contribution < -0.4 is 10.1 Å². The minimum absolute atomic E-state index is 0.0143. The van der Waals surface area contributed by atoms with Crippen LogP contribution >= 0.6 is 0 Å². The Labute approximate surface area is 159 Å². The van der Waals surface area contributed by atoms with E-state index in [4.69, 9.17) is 9.15 Å². The third-order valence-electron chi connectivity index (χ3n) is 4.12. The lowest BCUT2D eigenvalue weighted by Crippen LogP contribution is -2.23. The summed E-state index contributed by atoms with van der Waals surface area (Å²) in [6, 6.07) is 11.6. The van der Waals surface area contributed by atoms with Gasteiger partial charge >= 0.3 is 0 Å². The minimum atomic E-state index is -0.397. The molecule has 2 aromatic heterocycles. The van der Waals surface area contributed by atoms with Gasteiger partial charge in [-0.25, -0.2) is 14.4 Å². The summed E-state index contributed by atoms with van der Waals surface area (Å²) in [5.41, 5.74) is 2.99. The fourth-order valence-electron chi connectivity index (χ4n) is 2.75. The molecule has 2 N–H and O–H groups in total. The van der Waals surface area contributed by atoms with Crippen LogP contribution in [-0.4, -0.2) is 20.9 Å². The number of H-pyrrole nitrogens is 1. The number of nitrogens with one attached hydrogen (secondary N) is 2. The second-order valence-corrected chi connectivity index (χ2v) is 6.21. The van der Waals surface area contributed by atoms with E-state index in [-0.39, 0.29) is 24.7 Å². The summed E-state index contributed by atoms with van der Waals surface area (Å²) in [5, 5.41) is 2.74. The number of imidazole rings is 1. The van der Waals surface area contributed by atoms with E-state index in [1.165, 1.54) is 18.4 Å². The van der Waals surface area contributed by atoms with Gasteiger partial charge in [0.05, 0.1) is 17.6 Å². The number of aromatic nitrogens is 3. The second-order valence-electron chi connectivity index (χ2n) is 6.21. The van der Waals surface area contributed by atoms with Crippen LogP contribution in [0.5, 0.6) is 5.75 Å².